The summed E-state index contributed by atoms with van der Waals surface area (Å²) >= 11 is 0. The number of halogens is 1. The number of nitrogens with zero attached hydrogens (tertiary/aromatic N) is 3. The van der Waals surface area contributed by atoms with Gasteiger partial charge in [0.1, 0.15) is 11.6 Å². The third-order valence-corrected chi connectivity index (χ3v) is 6.12. The van der Waals surface area contributed by atoms with Gasteiger partial charge in [0.15, 0.2) is 0 Å². The number of aryl methyl sites for hydroxylation is 1. The third kappa shape index (κ3) is 4.31. The van der Waals surface area contributed by atoms with Gasteiger partial charge in [0.25, 0.3) is 5.91 Å². The normalized spacial score (nSPS) is 18.8. The molecule has 0 N–H and O–H groups in total. The molecule has 1 aromatic heterocycles. The minimum absolute atomic E-state index is 0.0221. The molecule has 1 fully saturated rings. The van der Waals surface area contributed by atoms with E-state index in [4.69, 9.17) is 4.74 Å². The lowest BCUT2D eigenvalue weighted by Gasteiger charge is -2.39. The van der Waals surface area contributed by atoms with Crippen LogP contribution in [0.1, 0.15) is 49.6 Å². The molecule has 2 atom stereocenters. The lowest BCUT2D eigenvalue weighted by Crippen LogP contribution is -2.44. The highest BCUT2D eigenvalue weighted by Gasteiger charge is 2.32. The summed E-state index contributed by atoms with van der Waals surface area (Å²) in [6, 6.07) is 12.3. The van der Waals surface area contributed by atoms with Crippen molar-refractivity contribution < 1.29 is 13.9 Å². The second kappa shape index (κ2) is 8.99. The maximum Gasteiger partial charge on any atom is 0.250 e. The molecule has 32 heavy (non-hydrogen) atoms. The molecule has 2 aromatic carbocycles. The van der Waals surface area contributed by atoms with Crippen LogP contribution in [0.15, 0.2) is 60.6 Å². The predicted molar refractivity (Wildman–Crippen MR) is 123 cm³/mol. The van der Waals surface area contributed by atoms with Gasteiger partial charge >= 0.3 is 0 Å². The van der Waals surface area contributed by atoms with E-state index in [1.165, 1.54) is 12.1 Å². The van der Waals surface area contributed by atoms with Gasteiger partial charge in [-0.2, -0.15) is 0 Å². The van der Waals surface area contributed by atoms with Crippen LogP contribution in [0.4, 0.5) is 4.39 Å². The highest BCUT2D eigenvalue weighted by Crippen LogP contribution is 2.33. The first-order valence-electron chi connectivity index (χ1n) is 10.8. The fourth-order valence-corrected chi connectivity index (χ4v) is 4.32. The average Bonchev–Trinajstić information content (AvgIpc) is 3.22. The van der Waals surface area contributed by atoms with E-state index in [1.54, 1.807) is 25.6 Å². The van der Waals surface area contributed by atoms with Crippen molar-refractivity contribution in [2.24, 2.45) is 0 Å². The van der Waals surface area contributed by atoms with Crippen LogP contribution in [-0.4, -0.2) is 33.5 Å². The summed E-state index contributed by atoms with van der Waals surface area (Å²) in [7, 11) is 1.64. The van der Waals surface area contributed by atoms with Crippen molar-refractivity contribution in [2.45, 2.75) is 45.7 Å². The Morgan fingerprint density at radius 3 is 2.62 bits per heavy atom. The maximum atomic E-state index is 13.4. The molecular weight excluding hydrogens is 405 g/mol. The second-order valence-electron chi connectivity index (χ2n) is 8.35. The average molecular weight is 434 g/mol. The molecule has 4 rings (SSSR count). The van der Waals surface area contributed by atoms with E-state index in [9.17, 15) is 9.18 Å². The Labute approximate surface area is 188 Å². The fraction of sp³-hybridized carbons (Fsp3) is 0.308. The molecule has 1 aliphatic rings. The minimum atomic E-state index is -0.275. The Kier molecular flexibility index (Phi) is 6.12. The largest absolute Gasteiger partial charge is 0.495 e. The van der Waals surface area contributed by atoms with Gasteiger partial charge in [0.2, 0.25) is 0 Å². The molecule has 2 heterocycles. The van der Waals surface area contributed by atoms with Crippen LogP contribution in [0, 0.1) is 12.7 Å². The number of amides is 1. The molecule has 3 aromatic rings. The number of rotatable bonds is 5. The smallest absolute Gasteiger partial charge is 0.250 e. The molecule has 0 spiro atoms. The van der Waals surface area contributed by atoms with Crippen LogP contribution in [0.25, 0.3) is 11.8 Å². The molecule has 1 amide bonds. The van der Waals surface area contributed by atoms with Crippen molar-refractivity contribution in [3.8, 4) is 11.4 Å². The molecule has 0 aliphatic carbocycles. The van der Waals surface area contributed by atoms with Gasteiger partial charge in [-0.1, -0.05) is 18.2 Å². The van der Waals surface area contributed by atoms with Crippen molar-refractivity contribution in [1.82, 2.24) is 14.5 Å². The van der Waals surface area contributed by atoms with E-state index >= 15 is 0 Å². The SMILES string of the molecule is COc1cc(/C=C2\CCC(C)N([C@@H](C)c3ccc(F)cc3)C2=O)ccc1-n1cnc(C)c1. The number of likely N-dealkylation sites (tertiary alicyclic amines) is 1. The number of carbonyl (C=O) groups is 1. The number of aromatic nitrogens is 2. The Bertz CT molecular complexity index is 1150. The number of hydrogen-bond acceptors (Lipinski definition) is 3. The summed E-state index contributed by atoms with van der Waals surface area (Å²) in [5.74, 6) is 0.460. The molecule has 0 saturated carbocycles. The Balaban J connectivity index is 1.62. The van der Waals surface area contributed by atoms with E-state index in [2.05, 4.69) is 11.9 Å². The first-order valence-corrected chi connectivity index (χ1v) is 10.8. The highest BCUT2D eigenvalue weighted by molar-refractivity contribution is 5.99. The molecule has 5 nitrogen and oxygen atoms in total. The standard InChI is InChI=1S/C26H28FN3O2/c1-17-15-29(16-28-17)24-12-6-20(14-25(24)32-4)13-22-7-5-18(2)30(26(22)31)19(3)21-8-10-23(27)11-9-21/h6,8-16,18-19H,5,7H2,1-4H3/b22-13+/t18?,19-/m0/s1. The molecule has 0 radical (unpaired) electrons. The van der Waals surface area contributed by atoms with E-state index < -0.39 is 0 Å². The number of methoxy groups -OCH3 is 1. The van der Waals surface area contributed by atoms with Crippen LogP contribution < -0.4 is 4.74 Å². The summed E-state index contributed by atoms with van der Waals surface area (Å²) in [6.45, 7) is 6.01. The Morgan fingerprint density at radius 1 is 1.22 bits per heavy atom. The molecule has 6 heteroatoms. The summed E-state index contributed by atoms with van der Waals surface area (Å²) in [6.07, 6.45) is 7.25. The Hall–Kier alpha value is -3.41. The van der Waals surface area contributed by atoms with Crippen molar-refractivity contribution in [1.29, 1.82) is 0 Å². The van der Waals surface area contributed by atoms with Crippen LogP contribution >= 0.6 is 0 Å². The van der Waals surface area contributed by atoms with Crippen molar-refractivity contribution in [2.75, 3.05) is 7.11 Å². The number of carbonyl (C=O) groups excluding carboxylic acids is 1. The predicted octanol–water partition coefficient (Wildman–Crippen LogP) is 5.48. The van der Waals surface area contributed by atoms with Gasteiger partial charge in [0, 0.05) is 17.8 Å². The fourth-order valence-electron chi connectivity index (χ4n) is 4.32. The van der Waals surface area contributed by atoms with E-state index in [0.717, 1.165) is 40.9 Å². The number of ether oxygens (including phenoxy) is 1. The van der Waals surface area contributed by atoms with E-state index in [1.807, 2.05) is 53.8 Å². The molecule has 0 bridgehead atoms. The van der Waals surface area contributed by atoms with Gasteiger partial charge in [-0.15, -0.1) is 0 Å². The van der Waals surface area contributed by atoms with Crippen LogP contribution in [0.3, 0.4) is 0 Å². The monoisotopic (exact) mass is 433 g/mol. The highest BCUT2D eigenvalue weighted by atomic mass is 19.1. The summed E-state index contributed by atoms with van der Waals surface area (Å²) in [4.78, 5) is 19.6. The van der Waals surface area contributed by atoms with Crippen LogP contribution in [-0.2, 0) is 4.79 Å². The zero-order chi connectivity index (χ0) is 22.8. The first-order chi connectivity index (χ1) is 15.4. The quantitative estimate of drug-likeness (QED) is 0.500. The molecule has 166 valence electrons. The van der Waals surface area contributed by atoms with Gasteiger partial charge in [-0.05, 0) is 75.1 Å². The van der Waals surface area contributed by atoms with Gasteiger partial charge in [0.05, 0.1) is 30.9 Å². The number of hydrogen-bond donors (Lipinski definition) is 0. The van der Waals surface area contributed by atoms with Crippen molar-refractivity contribution >= 4 is 12.0 Å². The summed E-state index contributed by atoms with van der Waals surface area (Å²) in [5.41, 5.74) is 4.43. The number of benzene rings is 2. The van der Waals surface area contributed by atoms with E-state index in [0.29, 0.717) is 5.75 Å². The Morgan fingerprint density at radius 2 is 1.97 bits per heavy atom. The summed E-state index contributed by atoms with van der Waals surface area (Å²) < 4.78 is 20.9. The molecule has 1 aliphatic heterocycles. The summed E-state index contributed by atoms with van der Waals surface area (Å²) in [5, 5.41) is 0. The van der Waals surface area contributed by atoms with Crippen molar-refractivity contribution in [3.63, 3.8) is 0 Å². The van der Waals surface area contributed by atoms with Gasteiger partial charge in [-0.25, -0.2) is 9.37 Å². The lowest BCUT2D eigenvalue weighted by molar-refractivity contribution is -0.133. The van der Waals surface area contributed by atoms with Crippen LogP contribution in [0.5, 0.6) is 5.75 Å². The van der Waals surface area contributed by atoms with E-state index in [-0.39, 0.29) is 23.8 Å². The molecule has 1 saturated heterocycles. The zero-order valence-electron chi connectivity index (χ0n) is 18.9. The zero-order valence-corrected chi connectivity index (χ0v) is 18.9. The lowest BCUT2D eigenvalue weighted by atomic mass is 9.93. The molecule has 1 unspecified atom stereocenters. The topological polar surface area (TPSA) is 47.4 Å². The van der Waals surface area contributed by atoms with Crippen molar-refractivity contribution in [3.05, 3.63) is 83.2 Å². The minimum Gasteiger partial charge on any atom is -0.495 e. The third-order valence-electron chi connectivity index (χ3n) is 6.12. The van der Waals surface area contributed by atoms with Crippen LogP contribution in [0.2, 0.25) is 0 Å². The number of imidazole rings is 1. The van der Waals surface area contributed by atoms with Gasteiger partial charge in [-0.3, -0.25) is 4.79 Å². The maximum absolute atomic E-state index is 13.4. The van der Waals surface area contributed by atoms with Gasteiger partial charge < -0.3 is 14.2 Å². The first kappa shape index (κ1) is 21.8. The number of piperidine rings is 1. The second-order valence-corrected chi connectivity index (χ2v) is 8.35. The molecular formula is C26H28FN3O2.